The Labute approximate surface area is 121 Å². The number of nitrogens with one attached hydrogen (secondary N) is 1. The molecule has 0 aliphatic heterocycles. The number of nitrogens with two attached hydrogens (primary N) is 1. The van der Waals surface area contributed by atoms with Gasteiger partial charge >= 0.3 is 0 Å². The number of hydrogen-bond acceptors (Lipinski definition) is 3. The summed E-state index contributed by atoms with van der Waals surface area (Å²) in [7, 11) is 0. The van der Waals surface area contributed by atoms with Crippen LogP contribution in [0.4, 0.5) is 0 Å². The van der Waals surface area contributed by atoms with Crippen molar-refractivity contribution < 1.29 is 4.74 Å². The fourth-order valence-electron chi connectivity index (χ4n) is 2.81. The first-order valence-corrected chi connectivity index (χ1v) is 7.76. The zero-order valence-electron chi connectivity index (χ0n) is 12.0. The molecule has 2 aliphatic rings. The van der Waals surface area contributed by atoms with Crippen LogP contribution in [0.15, 0.2) is 35.9 Å². The Morgan fingerprint density at radius 2 is 2.20 bits per heavy atom. The predicted octanol–water partition coefficient (Wildman–Crippen LogP) is 3.62. The smallest absolute Gasteiger partial charge is 0.120 e. The summed E-state index contributed by atoms with van der Waals surface area (Å²) in [6.45, 7) is 0. The lowest BCUT2D eigenvalue weighted by molar-refractivity contribution is 0.302. The lowest BCUT2D eigenvalue weighted by atomic mass is 9.92. The van der Waals surface area contributed by atoms with Gasteiger partial charge in [0.25, 0.3) is 0 Å². The first-order chi connectivity index (χ1) is 9.85. The second-order valence-electron chi connectivity index (χ2n) is 5.92. The number of ether oxygens (including phenoxy) is 1. The van der Waals surface area contributed by atoms with Gasteiger partial charge in [0.1, 0.15) is 5.75 Å². The third-order valence-electron chi connectivity index (χ3n) is 4.14. The summed E-state index contributed by atoms with van der Waals surface area (Å²) in [5.74, 6) is 6.74. The number of benzene rings is 1. The van der Waals surface area contributed by atoms with Crippen molar-refractivity contribution >= 4 is 0 Å². The summed E-state index contributed by atoms with van der Waals surface area (Å²) in [4.78, 5) is 0. The SMILES string of the molecule is NNC(CC1=CCCCC1)c1cccc(OC2CC2)c1. The molecule has 0 saturated heterocycles. The molecule has 0 amide bonds. The van der Waals surface area contributed by atoms with Crippen molar-refractivity contribution in [2.45, 2.75) is 57.1 Å². The van der Waals surface area contributed by atoms with Crippen LogP contribution in [0, 0.1) is 0 Å². The van der Waals surface area contributed by atoms with E-state index < -0.39 is 0 Å². The molecule has 20 heavy (non-hydrogen) atoms. The Balaban J connectivity index is 1.69. The lowest BCUT2D eigenvalue weighted by Gasteiger charge is -2.21. The molecule has 2 aliphatic carbocycles. The van der Waals surface area contributed by atoms with E-state index >= 15 is 0 Å². The van der Waals surface area contributed by atoms with E-state index in [1.165, 1.54) is 49.7 Å². The fourth-order valence-corrected chi connectivity index (χ4v) is 2.81. The van der Waals surface area contributed by atoms with Crippen LogP contribution in [0.5, 0.6) is 5.75 Å². The molecular weight excluding hydrogens is 248 g/mol. The summed E-state index contributed by atoms with van der Waals surface area (Å²) in [5.41, 5.74) is 5.72. The summed E-state index contributed by atoms with van der Waals surface area (Å²) in [6, 6.07) is 8.55. The highest BCUT2D eigenvalue weighted by Crippen LogP contribution is 2.31. The molecule has 0 spiro atoms. The lowest BCUT2D eigenvalue weighted by Crippen LogP contribution is -2.28. The van der Waals surface area contributed by atoms with Gasteiger partial charge in [0.05, 0.1) is 6.10 Å². The van der Waals surface area contributed by atoms with Crippen molar-refractivity contribution in [2.24, 2.45) is 5.84 Å². The Morgan fingerprint density at radius 1 is 1.30 bits per heavy atom. The molecule has 1 unspecified atom stereocenters. The van der Waals surface area contributed by atoms with E-state index in [4.69, 9.17) is 10.6 Å². The minimum atomic E-state index is 0.183. The molecule has 1 saturated carbocycles. The van der Waals surface area contributed by atoms with E-state index in [1.807, 2.05) is 6.07 Å². The fraction of sp³-hybridized carbons (Fsp3) is 0.529. The minimum absolute atomic E-state index is 0.183. The average Bonchev–Trinajstić information content (AvgIpc) is 3.30. The normalized spacial score (nSPS) is 20.4. The molecule has 0 aromatic heterocycles. The van der Waals surface area contributed by atoms with Crippen molar-refractivity contribution in [2.75, 3.05) is 0 Å². The molecule has 1 atom stereocenters. The van der Waals surface area contributed by atoms with Gasteiger partial charge in [-0.15, -0.1) is 0 Å². The van der Waals surface area contributed by atoms with Gasteiger partial charge in [-0.25, -0.2) is 0 Å². The zero-order chi connectivity index (χ0) is 13.8. The number of allylic oxidation sites excluding steroid dienone is 1. The molecule has 1 fully saturated rings. The molecule has 0 radical (unpaired) electrons. The molecular formula is C17H24N2O. The Morgan fingerprint density at radius 3 is 2.90 bits per heavy atom. The van der Waals surface area contributed by atoms with Crippen LogP contribution in [0.2, 0.25) is 0 Å². The topological polar surface area (TPSA) is 47.3 Å². The summed E-state index contributed by atoms with van der Waals surface area (Å²) >= 11 is 0. The Hall–Kier alpha value is -1.32. The third kappa shape index (κ3) is 3.62. The Bertz CT molecular complexity index is 480. The molecule has 3 nitrogen and oxygen atoms in total. The average molecular weight is 272 g/mol. The highest BCUT2D eigenvalue weighted by molar-refractivity contribution is 5.32. The number of rotatable bonds is 6. The van der Waals surface area contributed by atoms with E-state index in [0.717, 1.165) is 12.2 Å². The summed E-state index contributed by atoms with van der Waals surface area (Å²) in [6.07, 6.45) is 11.3. The van der Waals surface area contributed by atoms with Crippen LogP contribution in [0.25, 0.3) is 0 Å². The second kappa shape index (κ2) is 6.42. The molecule has 1 aromatic rings. The van der Waals surface area contributed by atoms with Crippen molar-refractivity contribution in [3.63, 3.8) is 0 Å². The van der Waals surface area contributed by atoms with Crippen LogP contribution >= 0.6 is 0 Å². The van der Waals surface area contributed by atoms with Crippen LogP contribution in [0.1, 0.15) is 56.6 Å². The van der Waals surface area contributed by atoms with Crippen molar-refractivity contribution in [1.82, 2.24) is 5.43 Å². The predicted molar refractivity (Wildman–Crippen MR) is 81.3 cm³/mol. The van der Waals surface area contributed by atoms with Gasteiger partial charge in [0, 0.05) is 6.04 Å². The number of hydrazine groups is 1. The Kier molecular flexibility index (Phi) is 4.38. The quantitative estimate of drug-likeness (QED) is 0.472. The maximum absolute atomic E-state index is 5.87. The van der Waals surface area contributed by atoms with Gasteiger partial charge in [-0.3, -0.25) is 11.3 Å². The van der Waals surface area contributed by atoms with Crippen molar-refractivity contribution in [3.05, 3.63) is 41.5 Å². The van der Waals surface area contributed by atoms with Crippen molar-refractivity contribution in [3.8, 4) is 5.75 Å². The zero-order valence-corrected chi connectivity index (χ0v) is 12.0. The minimum Gasteiger partial charge on any atom is -0.490 e. The van der Waals surface area contributed by atoms with Gasteiger partial charge in [0.2, 0.25) is 0 Å². The molecule has 0 bridgehead atoms. The highest BCUT2D eigenvalue weighted by atomic mass is 16.5. The van der Waals surface area contributed by atoms with Gasteiger partial charge in [-0.2, -0.15) is 0 Å². The molecule has 1 aromatic carbocycles. The first-order valence-electron chi connectivity index (χ1n) is 7.76. The monoisotopic (exact) mass is 272 g/mol. The van der Waals surface area contributed by atoms with E-state index in [2.05, 4.69) is 29.7 Å². The van der Waals surface area contributed by atoms with Crippen molar-refractivity contribution in [1.29, 1.82) is 0 Å². The summed E-state index contributed by atoms with van der Waals surface area (Å²) in [5, 5.41) is 0. The highest BCUT2D eigenvalue weighted by Gasteiger charge is 2.23. The van der Waals surface area contributed by atoms with E-state index in [0.29, 0.717) is 6.10 Å². The van der Waals surface area contributed by atoms with Crippen LogP contribution < -0.4 is 16.0 Å². The maximum atomic E-state index is 5.87. The van der Waals surface area contributed by atoms with E-state index in [9.17, 15) is 0 Å². The molecule has 3 N–H and O–H groups in total. The first kappa shape index (κ1) is 13.7. The van der Waals surface area contributed by atoms with Gasteiger partial charge < -0.3 is 4.74 Å². The standard InChI is InChI=1S/C17H24N2O/c18-19-17(11-13-5-2-1-3-6-13)14-7-4-8-16(12-14)20-15-9-10-15/h4-5,7-8,12,15,17,19H,1-3,6,9-11,18H2. The van der Waals surface area contributed by atoms with Gasteiger partial charge in [-0.1, -0.05) is 23.8 Å². The van der Waals surface area contributed by atoms with Gasteiger partial charge in [-0.05, 0) is 62.6 Å². The largest absolute Gasteiger partial charge is 0.490 e. The van der Waals surface area contributed by atoms with Gasteiger partial charge in [0.15, 0.2) is 0 Å². The van der Waals surface area contributed by atoms with E-state index in [1.54, 1.807) is 0 Å². The summed E-state index contributed by atoms with van der Waals surface area (Å²) < 4.78 is 5.87. The molecule has 0 heterocycles. The molecule has 108 valence electrons. The maximum Gasteiger partial charge on any atom is 0.120 e. The van der Waals surface area contributed by atoms with Crippen LogP contribution in [0.3, 0.4) is 0 Å². The van der Waals surface area contributed by atoms with Crippen LogP contribution in [-0.2, 0) is 0 Å². The van der Waals surface area contributed by atoms with Crippen LogP contribution in [-0.4, -0.2) is 6.10 Å². The third-order valence-corrected chi connectivity index (χ3v) is 4.14. The van der Waals surface area contributed by atoms with E-state index in [-0.39, 0.29) is 6.04 Å². The molecule has 3 rings (SSSR count). The molecule has 3 heteroatoms. The second-order valence-corrected chi connectivity index (χ2v) is 5.92. The number of hydrogen-bond donors (Lipinski definition) is 2.